The quantitative estimate of drug-likeness (QED) is 0.222. The van der Waals surface area contributed by atoms with Crippen LogP contribution in [0.3, 0.4) is 0 Å². The molecule has 2 aromatic rings. The molecule has 0 bridgehead atoms. The van der Waals surface area contributed by atoms with Crippen molar-refractivity contribution < 1.29 is 17.9 Å². The van der Waals surface area contributed by atoms with Crippen LogP contribution in [-0.2, 0) is 17.1 Å². The van der Waals surface area contributed by atoms with E-state index >= 15 is 0 Å². The Labute approximate surface area is 182 Å². The second-order valence-corrected chi connectivity index (χ2v) is 8.94. The summed E-state index contributed by atoms with van der Waals surface area (Å²) in [6.07, 6.45) is 4.03. The third-order valence-electron chi connectivity index (χ3n) is 5.04. The van der Waals surface area contributed by atoms with E-state index in [-0.39, 0.29) is 23.2 Å². The number of hydrogen-bond acceptors (Lipinski definition) is 7. The Morgan fingerprint density at radius 1 is 1.32 bits per heavy atom. The maximum absolute atomic E-state index is 12.8. The fraction of sp³-hybridized carbons (Fsp3) is 0.450. The fourth-order valence-corrected chi connectivity index (χ4v) is 4.76. The number of carbonyl (C=O) groups excluding carboxylic acids is 1. The van der Waals surface area contributed by atoms with Crippen molar-refractivity contribution in [2.45, 2.75) is 44.6 Å². The Morgan fingerprint density at radius 3 is 2.58 bits per heavy atom. The summed E-state index contributed by atoms with van der Waals surface area (Å²) in [6, 6.07) is 0.950. The number of rotatable bonds is 9. The molecule has 0 saturated carbocycles. The molecule has 1 unspecified atom stereocenters. The zero-order valence-corrected chi connectivity index (χ0v) is 19.3. The molecular weight excluding hydrogens is 420 g/mol. The number of aliphatic imine (C=N–C) groups is 1. The monoisotopic (exact) mass is 450 g/mol. The molecule has 5 N–H and O–H groups in total. The van der Waals surface area contributed by atoms with E-state index in [2.05, 4.69) is 14.7 Å². The minimum atomic E-state index is -3.92. The molecule has 0 aliphatic heterocycles. The van der Waals surface area contributed by atoms with Gasteiger partial charge in [-0.25, -0.2) is 18.1 Å². The highest BCUT2D eigenvalue weighted by Gasteiger charge is 2.23. The molecule has 0 radical (unpaired) electrons. The van der Waals surface area contributed by atoms with Crippen molar-refractivity contribution in [3.8, 4) is 5.75 Å². The van der Waals surface area contributed by atoms with E-state index < -0.39 is 16.1 Å². The maximum Gasteiger partial charge on any atom is 0.264 e. The highest BCUT2D eigenvalue weighted by molar-refractivity contribution is 7.90. The third-order valence-corrected chi connectivity index (χ3v) is 6.68. The van der Waals surface area contributed by atoms with Crippen molar-refractivity contribution in [1.29, 1.82) is 0 Å². The number of ether oxygens (including phenoxy) is 1. The average Bonchev–Trinajstić information content (AvgIpc) is 3.12. The van der Waals surface area contributed by atoms with Crippen LogP contribution in [-0.4, -0.2) is 49.4 Å². The summed E-state index contributed by atoms with van der Waals surface area (Å²) in [7, 11) is -0.665. The lowest BCUT2D eigenvalue weighted by molar-refractivity contribution is 0.0943. The summed E-state index contributed by atoms with van der Waals surface area (Å²) in [5.41, 5.74) is 13.6. The molecule has 1 aromatic heterocycles. The molecule has 1 atom stereocenters. The Morgan fingerprint density at radius 2 is 2.00 bits per heavy atom. The van der Waals surface area contributed by atoms with Crippen LogP contribution >= 0.6 is 0 Å². The van der Waals surface area contributed by atoms with Gasteiger partial charge < -0.3 is 20.8 Å². The van der Waals surface area contributed by atoms with Gasteiger partial charge in [-0.3, -0.25) is 9.79 Å². The van der Waals surface area contributed by atoms with Crippen LogP contribution in [0.15, 0.2) is 28.3 Å². The van der Waals surface area contributed by atoms with Crippen LogP contribution < -0.4 is 20.9 Å². The normalized spacial score (nSPS) is 13.2. The molecule has 0 fully saturated rings. The van der Waals surface area contributed by atoms with E-state index in [1.807, 2.05) is 0 Å². The minimum Gasteiger partial charge on any atom is -0.496 e. The van der Waals surface area contributed by atoms with Crippen LogP contribution in [0.5, 0.6) is 5.75 Å². The van der Waals surface area contributed by atoms with E-state index in [1.54, 1.807) is 44.6 Å². The van der Waals surface area contributed by atoms with Gasteiger partial charge in [0.05, 0.1) is 18.0 Å². The maximum atomic E-state index is 12.8. The zero-order valence-electron chi connectivity index (χ0n) is 18.5. The number of ketones is 1. The first-order chi connectivity index (χ1) is 14.5. The molecule has 0 saturated heterocycles. The highest BCUT2D eigenvalue weighted by Crippen LogP contribution is 2.30. The summed E-state index contributed by atoms with van der Waals surface area (Å²) in [6.45, 7) is 5.42. The van der Waals surface area contributed by atoms with Gasteiger partial charge in [-0.15, -0.1) is 0 Å². The summed E-state index contributed by atoms with van der Waals surface area (Å²) < 4.78 is 34.9. The number of methoxy groups -OCH3 is 1. The van der Waals surface area contributed by atoms with E-state index in [1.165, 1.54) is 13.3 Å². The predicted molar refractivity (Wildman–Crippen MR) is 119 cm³/mol. The van der Waals surface area contributed by atoms with Crippen molar-refractivity contribution >= 4 is 21.8 Å². The Balaban J connectivity index is 2.00. The first-order valence-electron chi connectivity index (χ1n) is 9.74. The van der Waals surface area contributed by atoms with E-state index in [4.69, 9.17) is 16.2 Å². The number of guanidine groups is 1. The first kappa shape index (κ1) is 24.4. The van der Waals surface area contributed by atoms with Gasteiger partial charge in [0.25, 0.3) is 10.0 Å². The number of hydrogen-bond donors (Lipinski definition) is 3. The van der Waals surface area contributed by atoms with Gasteiger partial charge in [-0.05, 0) is 56.4 Å². The van der Waals surface area contributed by atoms with Gasteiger partial charge >= 0.3 is 0 Å². The summed E-state index contributed by atoms with van der Waals surface area (Å²) >= 11 is 0. The molecule has 0 spiro atoms. The van der Waals surface area contributed by atoms with Crippen molar-refractivity contribution in [2.24, 2.45) is 23.5 Å². The van der Waals surface area contributed by atoms with Gasteiger partial charge in [-0.1, -0.05) is 0 Å². The number of aryl methyl sites for hydroxylation is 2. The number of Topliss-reactive ketones (excluding diaryl/α,β-unsaturated/α-hetero) is 1. The van der Waals surface area contributed by atoms with Gasteiger partial charge in [0.15, 0.2) is 5.82 Å². The van der Waals surface area contributed by atoms with Crippen LogP contribution in [0.1, 0.15) is 40.2 Å². The SMILES string of the molecule is COc1cc(C)c(S(=O)(=O)NC(N)=NCCCC(N)C(=O)c2nccn2C)c(C)c1C. The van der Waals surface area contributed by atoms with Crippen LogP contribution in [0.2, 0.25) is 0 Å². The number of nitrogens with one attached hydrogen (secondary N) is 1. The largest absolute Gasteiger partial charge is 0.496 e. The predicted octanol–water partition coefficient (Wildman–Crippen LogP) is 0.937. The fourth-order valence-electron chi connectivity index (χ4n) is 3.28. The second-order valence-electron chi connectivity index (χ2n) is 7.32. The molecular formula is C20H30N6O4S. The number of aromatic nitrogens is 2. The lowest BCUT2D eigenvalue weighted by atomic mass is 10.1. The molecule has 2 rings (SSSR count). The first-order valence-corrected chi connectivity index (χ1v) is 11.2. The van der Waals surface area contributed by atoms with Gasteiger partial charge in [-0.2, -0.15) is 0 Å². The van der Waals surface area contributed by atoms with E-state index in [0.717, 1.165) is 5.56 Å². The Kier molecular flexibility index (Phi) is 7.80. The molecule has 10 nitrogen and oxygen atoms in total. The van der Waals surface area contributed by atoms with Crippen molar-refractivity contribution in [3.63, 3.8) is 0 Å². The number of imidazole rings is 1. The summed E-state index contributed by atoms with van der Waals surface area (Å²) in [4.78, 5) is 20.5. The molecule has 11 heteroatoms. The number of nitrogens with zero attached hydrogens (tertiary/aromatic N) is 3. The lowest BCUT2D eigenvalue weighted by Gasteiger charge is -2.17. The van der Waals surface area contributed by atoms with Gasteiger partial charge in [0.2, 0.25) is 11.7 Å². The van der Waals surface area contributed by atoms with Crippen molar-refractivity contribution in [2.75, 3.05) is 13.7 Å². The molecule has 170 valence electrons. The molecule has 1 heterocycles. The van der Waals surface area contributed by atoms with E-state index in [9.17, 15) is 13.2 Å². The smallest absolute Gasteiger partial charge is 0.264 e. The number of carbonyl (C=O) groups is 1. The molecule has 31 heavy (non-hydrogen) atoms. The Hall–Kier alpha value is -2.92. The molecule has 0 aliphatic carbocycles. The van der Waals surface area contributed by atoms with Crippen molar-refractivity contribution in [1.82, 2.24) is 14.3 Å². The molecule has 1 aromatic carbocycles. The van der Waals surface area contributed by atoms with Crippen molar-refractivity contribution in [3.05, 3.63) is 41.0 Å². The molecule has 0 amide bonds. The average molecular weight is 451 g/mol. The van der Waals surface area contributed by atoms with Gasteiger partial charge in [0.1, 0.15) is 5.75 Å². The zero-order chi connectivity index (χ0) is 23.3. The molecule has 0 aliphatic rings. The summed E-state index contributed by atoms with van der Waals surface area (Å²) in [5, 5.41) is 0. The number of nitrogens with two attached hydrogens (primary N) is 2. The number of sulfonamides is 1. The second kappa shape index (κ2) is 9.92. The van der Waals surface area contributed by atoms with Crippen LogP contribution in [0.25, 0.3) is 0 Å². The third kappa shape index (κ3) is 5.61. The Bertz CT molecular complexity index is 1090. The highest BCUT2D eigenvalue weighted by atomic mass is 32.2. The number of benzene rings is 1. The lowest BCUT2D eigenvalue weighted by Crippen LogP contribution is -2.37. The van der Waals surface area contributed by atoms with Gasteiger partial charge in [0, 0.05) is 26.0 Å². The minimum absolute atomic E-state index is 0.145. The van der Waals surface area contributed by atoms with Crippen LogP contribution in [0, 0.1) is 20.8 Å². The standard InChI is InChI=1S/C20H30N6O4S/c1-12-11-16(30-5)13(2)14(3)18(12)31(28,29)25-20(22)24-8-6-7-15(21)17(27)19-23-9-10-26(19)4/h9-11,15H,6-8,21H2,1-5H3,(H3,22,24,25). The topological polar surface area (TPSA) is 155 Å². The van der Waals surface area contributed by atoms with Crippen LogP contribution in [0.4, 0.5) is 0 Å². The summed E-state index contributed by atoms with van der Waals surface area (Å²) in [5.74, 6) is 0.429. The van der Waals surface area contributed by atoms with E-state index in [0.29, 0.717) is 35.5 Å².